The first-order valence-electron chi connectivity index (χ1n) is 8.82. The van der Waals surface area contributed by atoms with Crippen molar-refractivity contribution < 1.29 is 0 Å². The molecule has 3 fully saturated rings. The Morgan fingerprint density at radius 3 is 2.37 bits per heavy atom. The number of rotatable bonds is 5. The highest BCUT2D eigenvalue weighted by Gasteiger charge is 2.32. The van der Waals surface area contributed by atoms with Crippen LogP contribution in [-0.2, 0) is 0 Å². The van der Waals surface area contributed by atoms with E-state index in [2.05, 4.69) is 17.1 Å². The van der Waals surface area contributed by atoms with E-state index in [0.717, 1.165) is 23.9 Å². The van der Waals surface area contributed by atoms with Gasteiger partial charge in [-0.2, -0.15) is 0 Å². The Kier molecular flexibility index (Phi) is 4.81. The zero-order valence-corrected chi connectivity index (χ0v) is 12.7. The largest absolute Gasteiger partial charge is 0.312 e. The Morgan fingerprint density at radius 2 is 1.74 bits per heavy atom. The van der Waals surface area contributed by atoms with Crippen molar-refractivity contribution in [1.29, 1.82) is 0 Å². The molecule has 0 radical (unpaired) electrons. The van der Waals surface area contributed by atoms with E-state index in [1.165, 1.54) is 77.4 Å². The predicted octanol–water partition coefficient (Wildman–Crippen LogP) is 3.42. The number of hydrogen-bond acceptors (Lipinski definition) is 2. The van der Waals surface area contributed by atoms with Crippen molar-refractivity contribution in [3.8, 4) is 0 Å². The smallest absolute Gasteiger partial charge is 0.0198 e. The average molecular weight is 264 g/mol. The Hall–Kier alpha value is -0.0800. The third-order valence-electron chi connectivity index (χ3n) is 5.90. The molecule has 2 aliphatic carbocycles. The fourth-order valence-corrected chi connectivity index (χ4v) is 4.28. The van der Waals surface area contributed by atoms with Crippen molar-refractivity contribution in [1.82, 2.24) is 10.2 Å². The molecule has 1 saturated heterocycles. The Morgan fingerprint density at radius 1 is 0.947 bits per heavy atom. The predicted molar refractivity (Wildman–Crippen MR) is 81.4 cm³/mol. The fraction of sp³-hybridized carbons (Fsp3) is 1.00. The van der Waals surface area contributed by atoms with Crippen LogP contribution in [0, 0.1) is 11.8 Å². The fourth-order valence-electron chi connectivity index (χ4n) is 4.28. The van der Waals surface area contributed by atoms with Crippen LogP contribution in [0.2, 0.25) is 0 Å². The molecule has 0 spiro atoms. The van der Waals surface area contributed by atoms with E-state index < -0.39 is 0 Å². The molecular formula is C17H32N2. The van der Waals surface area contributed by atoms with Gasteiger partial charge in [-0.3, -0.25) is 4.90 Å². The highest BCUT2D eigenvalue weighted by atomic mass is 15.2. The molecule has 19 heavy (non-hydrogen) atoms. The number of likely N-dealkylation sites (tertiary alicyclic amines) is 1. The van der Waals surface area contributed by atoms with Crippen molar-refractivity contribution in [2.45, 2.75) is 76.8 Å². The van der Waals surface area contributed by atoms with Gasteiger partial charge < -0.3 is 5.32 Å². The molecule has 2 unspecified atom stereocenters. The maximum absolute atomic E-state index is 3.90. The Bertz CT molecular complexity index is 268. The van der Waals surface area contributed by atoms with Crippen LogP contribution in [0.1, 0.15) is 64.7 Å². The number of piperidine rings is 1. The van der Waals surface area contributed by atoms with Gasteiger partial charge in [0.05, 0.1) is 0 Å². The molecule has 3 rings (SSSR count). The van der Waals surface area contributed by atoms with Gasteiger partial charge in [0.15, 0.2) is 0 Å². The van der Waals surface area contributed by atoms with E-state index in [0.29, 0.717) is 0 Å². The maximum Gasteiger partial charge on any atom is 0.0198 e. The van der Waals surface area contributed by atoms with Gasteiger partial charge in [0.2, 0.25) is 0 Å². The van der Waals surface area contributed by atoms with E-state index in [9.17, 15) is 0 Å². The molecule has 2 nitrogen and oxygen atoms in total. The summed E-state index contributed by atoms with van der Waals surface area (Å²) in [6.45, 7) is 6.38. The van der Waals surface area contributed by atoms with Crippen molar-refractivity contribution >= 4 is 0 Å². The molecule has 110 valence electrons. The molecule has 2 heteroatoms. The molecule has 1 heterocycles. The van der Waals surface area contributed by atoms with Crippen molar-refractivity contribution in [3.05, 3.63) is 0 Å². The van der Waals surface area contributed by atoms with Crippen LogP contribution >= 0.6 is 0 Å². The van der Waals surface area contributed by atoms with E-state index in [4.69, 9.17) is 0 Å². The second-order valence-corrected chi connectivity index (χ2v) is 7.30. The SMILES string of the molecule is CCC1CC(NCC2CCC2)CN(C2CCCC2)C1. The Labute approximate surface area is 119 Å². The average Bonchev–Trinajstić information content (AvgIpc) is 2.90. The Balaban J connectivity index is 1.50. The molecule has 0 aromatic rings. The van der Waals surface area contributed by atoms with E-state index >= 15 is 0 Å². The van der Waals surface area contributed by atoms with Crippen LogP contribution in [0.25, 0.3) is 0 Å². The molecule has 0 aromatic heterocycles. The van der Waals surface area contributed by atoms with Crippen LogP contribution in [0.4, 0.5) is 0 Å². The van der Waals surface area contributed by atoms with Gasteiger partial charge >= 0.3 is 0 Å². The summed E-state index contributed by atoms with van der Waals surface area (Å²) in [6, 6.07) is 1.70. The van der Waals surface area contributed by atoms with Gasteiger partial charge in [0, 0.05) is 25.2 Å². The number of nitrogens with zero attached hydrogens (tertiary/aromatic N) is 1. The topological polar surface area (TPSA) is 15.3 Å². The molecule has 0 amide bonds. The van der Waals surface area contributed by atoms with Crippen LogP contribution in [-0.4, -0.2) is 36.6 Å². The summed E-state index contributed by atoms with van der Waals surface area (Å²) in [5.41, 5.74) is 0. The minimum absolute atomic E-state index is 0.778. The van der Waals surface area contributed by atoms with Crippen molar-refractivity contribution in [2.24, 2.45) is 11.8 Å². The molecule has 1 aliphatic heterocycles. The minimum atomic E-state index is 0.778. The summed E-state index contributed by atoms with van der Waals surface area (Å²) < 4.78 is 0. The van der Waals surface area contributed by atoms with Crippen LogP contribution in [0.15, 0.2) is 0 Å². The molecule has 2 atom stereocenters. The van der Waals surface area contributed by atoms with Crippen LogP contribution in [0.3, 0.4) is 0 Å². The summed E-state index contributed by atoms with van der Waals surface area (Å²) in [5.74, 6) is 1.94. The van der Waals surface area contributed by atoms with Gasteiger partial charge in [-0.05, 0) is 50.5 Å². The monoisotopic (exact) mass is 264 g/mol. The minimum Gasteiger partial charge on any atom is -0.312 e. The highest BCUT2D eigenvalue weighted by molar-refractivity contribution is 4.89. The molecule has 0 bridgehead atoms. The van der Waals surface area contributed by atoms with Crippen LogP contribution < -0.4 is 5.32 Å². The van der Waals surface area contributed by atoms with Crippen LogP contribution in [0.5, 0.6) is 0 Å². The van der Waals surface area contributed by atoms with Gasteiger partial charge in [0.25, 0.3) is 0 Å². The normalized spacial score (nSPS) is 34.6. The van der Waals surface area contributed by atoms with E-state index in [1.54, 1.807) is 0 Å². The lowest BCUT2D eigenvalue weighted by Crippen LogP contribution is -2.53. The van der Waals surface area contributed by atoms with Gasteiger partial charge in [-0.1, -0.05) is 32.6 Å². The summed E-state index contributed by atoms with van der Waals surface area (Å²) in [6.07, 6.45) is 13.1. The molecule has 2 saturated carbocycles. The number of nitrogens with one attached hydrogen (secondary N) is 1. The van der Waals surface area contributed by atoms with Gasteiger partial charge in [-0.15, -0.1) is 0 Å². The van der Waals surface area contributed by atoms with E-state index in [-0.39, 0.29) is 0 Å². The zero-order valence-electron chi connectivity index (χ0n) is 12.7. The van der Waals surface area contributed by atoms with E-state index in [1.807, 2.05) is 0 Å². The molecule has 0 aromatic carbocycles. The van der Waals surface area contributed by atoms with Gasteiger partial charge in [0.1, 0.15) is 0 Å². The highest BCUT2D eigenvalue weighted by Crippen LogP contribution is 2.30. The number of hydrogen-bond donors (Lipinski definition) is 1. The third-order valence-corrected chi connectivity index (χ3v) is 5.90. The lowest BCUT2D eigenvalue weighted by Gasteiger charge is -2.42. The van der Waals surface area contributed by atoms with Crippen molar-refractivity contribution in [2.75, 3.05) is 19.6 Å². The lowest BCUT2D eigenvalue weighted by molar-refractivity contribution is 0.0936. The summed E-state index contributed by atoms with van der Waals surface area (Å²) in [4.78, 5) is 2.84. The van der Waals surface area contributed by atoms with Gasteiger partial charge in [-0.25, -0.2) is 0 Å². The summed E-state index contributed by atoms with van der Waals surface area (Å²) in [5, 5.41) is 3.90. The standard InChI is InChI=1S/C17H32N2/c1-2-14-10-16(18-11-15-6-5-7-15)13-19(12-14)17-8-3-4-9-17/h14-18H,2-13H2,1H3. The summed E-state index contributed by atoms with van der Waals surface area (Å²) in [7, 11) is 0. The first kappa shape index (κ1) is 13.9. The maximum atomic E-state index is 3.90. The zero-order chi connectivity index (χ0) is 13.1. The first-order chi connectivity index (χ1) is 9.35. The quantitative estimate of drug-likeness (QED) is 0.818. The second-order valence-electron chi connectivity index (χ2n) is 7.30. The lowest BCUT2D eigenvalue weighted by atomic mass is 9.84. The first-order valence-corrected chi connectivity index (χ1v) is 8.82. The molecule has 1 N–H and O–H groups in total. The molecular weight excluding hydrogens is 232 g/mol. The van der Waals surface area contributed by atoms with Crippen molar-refractivity contribution in [3.63, 3.8) is 0 Å². The molecule has 3 aliphatic rings. The second kappa shape index (κ2) is 6.58. The summed E-state index contributed by atoms with van der Waals surface area (Å²) >= 11 is 0. The third kappa shape index (κ3) is 3.52.